The predicted octanol–water partition coefficient (Wildman–Crippen LogP) is 3.74. The van der Waals surface area contributed by atoms with E-state index < -0.39 is 24.5 Å². The third-order valence-electron chi connectivity index (χ3n) is 4.38. The molecule has 0 atom stereocenters. The van der Waals surface area contributed by atoms with Gasteiger partial charge in [-0.15, -0.1) is 11.3 Å². The fraction of sp³-hybridized carbons (Fsp3) is 0.381. The van der Waals surface area contributed by atoms with Gasteiger partial charge in [0.15, 0.2) is 6.61 Å². The van der Waals surface area contributed by atoms with Gasteiger partial charge in [0.25, 0.3) is 5.91 Å². The maximum atomic E-state index is 12.3. The van der Waals surface area contributed by atoms with Gasteiger partial charge in [0.1, 0.15) is 5.00 Å². The molecule has 0 aliphatic heterocycles. The highest BCUT2D eigenvalue weighted by Gasteiger charge is 2.32. The first-order chi connectivity index (χ1) is 14.0. The number of carbonyl (C=O) groups excluding carboxylic acids is 3. The fourth-order valence-corrected chi connectivity index (χ4v) is 3.95. The molecule has 8 heteroatoms. The third-order valence-corrected chi connectivity index (χ3v) is 5.29. The molecule has 1 aromatic carbocycles. The lowest BCUT2D eigenvalue weighted by Crippen LogP contribution is -2.22. The van der Waals surface area contributed by atoms with Crippen LogP contribution in [0.3, 0.4) is 0 Å². The van der Waals surface area contributed by atoms with Crippen molar-refractivity contribution in [3.05, 3.63) is 51.9 Å². The van der Waals surface area contributed by atoms with E-state index in [9.17, 15) is 14.4 Å². The summed E-state index contributed by atoms with van der Waals surface area (Å²) in [7, 11) is 1.57. The normalized spacial score (nSPS) is 13.0. The second-order valence-electron chi connectivity index (χ2n) is 6.65. The Morgan fingerprint density at radius 1 is 1.17 bits per heavy atom. The second kappa shape index (κ2) is 9.67. The Balaban J connectivity index is 1.62. The fourth-order valence-electron chi connectivity index (χ4n) is 2.90. The van der Waals surface area contributed by atoms with Crippen LogP contribution >= 0.6 is 11.3 Å². The number of carbonyl (C=O) groups is 3. The number of amides is 1. The average Bonchev–Trinajstić information content (AvgIpc) is 3.47. The molecular weight excluding hydrogens is 394 g/mol. The first-order valence-corrected chi connectivity index (χ1v) is 10.2. The molecule has 29 heavy (non-hydrogen) atoms. The van der Waals surface area contributed by atoms with Crippen LogP contribution in [-0.2, 0) is 25.6 Å². The van der Waals surface area contributed by atoms with Crippen molar-refractivity contribution in [2.75, 3.05) is 25.6 Å². The lowest BCUT2D eigenvalue weighted by molar-refractivity contribution is -0.119. The number of anilines is 1. The SMILES string of the molecule is CCOC(=O)c1c(C2CC2)csc1NC(=O)COC(=O)c1cccc(COC)c1. The number of hydrogen-bond donors (Lipinski definition) is 1. The van der Waals surface area contributed by atoms with Gasteiger partial charge in [-0.3, -0.25) is 4.79 Å². The van der Waals surface area contributed by atoms with E-state index in [0.29, 0.717) is 28.7 Å². The zero-order valence-electron chi connectivity index (χ0n) is 16.4. The van der Waals surface area contributed by atoms with Gasteiger partial charge in [-0.1, -0.05) is 12.1 Å². The monoisotopic (exact) mass is 417 g/mol. The molecule has 1 heterocycles. The van der Waals surface area contributed by atoms with Crippen LogP contribution in [0.25, 0.3) is 0 Å². The van der Waals surface area contributed by atoms with Crippen LogP contribution in [-0.4, -0.2) is 38.2 Å². The minimum atomic E-state index is -0.603. The van der Waals surface area contributed by atoms with Crippen molar-refractivity contribution in [2.24, 2.45) is 0 Å². The molecule has 1 amide bonds. The van der Waals surface area contributed by atoms with Gasteiger partial charge in [0.05, 0.1) is 24.3 Å². The molecule has 0 saturated heterocycles. The molecule has 3 rings (SSSR count). The number of nitrogens with one attached hydrogen (secondary N) is 1. The molecule has 2 aromatic rings. The third kappa shape index (κ3) is 5.42. The van der Waals surface area contributed by atoms with E-state index in [2.05, 4.69) is 5.32 Å². The maximum Gasteiger partial charge on any atom is 0.341 e. The van der Waals surface area contributed by atoms with Crippen LogP contribution in [0.5, 0.6) is 0 Å². The quantitative estimate of drug-likeness (QED) is 0.625. The number of hydrogen-bond acceptors (Lipinski definition) is 7. The first-order valence-electron chi connectivity index (χ1n) is 9.36. The Morgan fingerprint density at radius 2 is 1.97 bits per heavy atom. The minimum Gasteiger partial charge on any atom is -0.462 e. The van der Waals surface area contributed by atoms with Gasteiger partial charge >= 0.3 is 11.9 Å². The van der Waals surface area contributed by atoms with Crippen LogP contribution in [0.4, 0.5) is 5.00 Å². The van der Waals surface area contributed by atoms with Gasteiger partial charge in [-0.25, -0.2) is 9.59 Å². The summed E-state index contributed by atoms with van der Waals surface area (Å²) in [6.07, 6.45) is 2.05. The molecular formula is C21H23NO6S. The van der Waals surface area contributed by atoms with E-state index in [0.717, 1.165) is 24.0 Å². The van der Waals surface area contributed by atoms with Crippen LogP contribution in [0.1, 0.15) is 57.5 Å². The lowest BCUT2D eigenvalue weighted by atomic mass is 10.1. The maximum absolute atomic E-state index is 12.3. The van der Waals surface area contributed by atoms with Crippen molar-refractivity contribution in [1.82, 2.24) is 0 Å². The molecule has 1 aliphatic rings. The molecule has 1 aliphatic carbocycles. The summed E-state index contributed by atoms with van der Waals surface area (Å²) in [4.78, 5) is 36.8. The van der Waals surface area contributed by atoms with Crippen molar-refractivity contribution >= 4 is 34.2 Å². The van der Waals surface area contributed by atoms with E-state index in [1.165, 1.54) is 11.3 Å². The van der Waals surface area contributed by atoms with E-state index in [4.69, 9.17) is 14.2 Å². The number of rotatable bonds is 9. The lowest BCUT2D eigenvalue weighted by Gasteiger charge is -2.09. The average molecular weight is 417 g/mol. The molecule has 1 fully saturated rings. The predicted molar refractivity (Wildman–Crippen MR) is 108 cm³/mol. The molecule has 7 nitrogen and oxygen atoms in total. The van der Waals surface area contributed by atoms with E-state index >= 15 is 0 Å². The van der Waals surface area contributed by atoms with Gasteiger partial charge in [-0.05, 0) is 54.3 Å². The Labute approximate surface area is 173 Å². The Hall–Kier alpha value is -2.71. The molecule has 0 bridgehead atoms. The summed E-state index contributed by atoms with van der Waals surface area (Å²) < 4.78 is 15.3. The van der Waals surface area contributed by atoms with E-state index in [1.54, 1.807) is 32.2 Å². The van der Waals surface area contributed by atoms with Crippen LogP contribution in [0, 0.1) is 0 Å². The summed E-state index contributed by atoms with van der Waals surface area (Å²) in [5, 5.41) is 4.98. The standard InChI is InChI=1S/C21H23NO6S/c1-3-27-21(25)18-16(14-7-8-14)12-29-19(18)22-17(23)11-28-20(24)15-6-4-5-13(9-15)10-26-2/h4-6,9,12,14H,3,7-8,10-11H2,1-2H3,(H,22,23). The number of benzene rings is 1. The zero-order chi connectivity index (χ0) is 20.8. The molecule has 1 N–H and O–H groups in total. The second-order valence-corrected chi connectivity index (χ2v) is 7.53. The topological polar surface area (TPSA) is 90.9 Å². The largest absolute Gasteiger partial charge is 0.462 e. The van der Waals surface area contributed by atoms with Crippen molar-refractivity contribution < 1.29 is 28.6 Å². The Bertz CT molecular complexity index is 902. The Kier molecular flexibility index (Phi) is 7.00. The van der Waals surface area contributed by atoms with Crippen molar-refractivity contribution in [3.63, 3.8) is 0 Å². The molecule has 1 aromatic heterocycles. The summed E-state index contributed by atoms with van der Waals surface area (Å²) in [5.74, 6) is -1.22. The minimum absolute atomic E-state index is 0.256. The summed E-state index contributed by atoms with van der Waals surface area (Å²) in [6.45, 7) is 1.92. The molecule has 0 radical (unpaired) electrons. The summed E-state index contributed by atoms with van der Waals surface area (Å²) in [6, 6.07) is 6.82. The van der Waals surface area contributed by atoms with Crippen LogP contribution < -0.4 is 5.32 Å². The molecule has 1 saturated carbocycles. The molecule has 154 valence electrons. The van der Waals surface area contributed by atoms with Gasteiger partial charge in [0, 0.05) is 7.11 Å². The molecule has 0 spiro atoms. The van der Waals surface area contributed by atoms with Crippen molar-refractivity contribution in [2.45, 2.75) is 32.3 Å². The first kappa shape index (κ1) is 21.0. The highest BCUT2D eigenvalue weighted by atomic mass is 32.1. The van der Waals surface area contributed by atoms with Gasteiger partial charge in [-0.2, -0.15) is 0 Å². The van der Waals surface area contributed by atoms with Crippen LogP contribution in [0.2, 0.25) is 0 Å². The van der Waals surface area contributed by atoms with Gasteiger partial charge in [0.2, 0.25) is 0 Å². The summed E-state index contributed by atoms with van der Waals surface area (Å²) in [5.41, 5.74) is 2.49. The summed E-state index contributed by atoms with van der Waals surface area (Å²) >= 11 is 1.28. The smallest absolute Gasteiger partial charge is 0.341 e. The number of esters is 2. The van der Waals surface area contributed by atoms with Crippen molar-refractivity contribution in [1.29, 1.82) is 0 Å². The highest BCUT2D eigenvalue weighted by molar-refractivity contribution is 7.15. The van der Waals surface area contributed by atoms with Crippen molar-refractivity contribution in [3.8, 4) is 0 Å². The van der Waals surface area contributed by atoms with E-state index in [-0.39, 0.29) is 6.61 Å². The van der Waals surface area contributed by atoms with Crippen LogP contribution in [0.15, 0.2) is 29.6 Å². The van der Waals surface area contributed by atoms with Gasteiger partial charge < -0.3 is 19.5 Å². The number of methoxy groups -OCH3 is 1. The number of ether oxygens (including phenoxy) is 3. The zero-order valence-corrected chi connectivity index (χ0v) is 17.2. The van der Waals surface area contributed by atoms with E-state index in [1.807, 2.05) is 11.4 Å². The Morgan fingerprint density at radius 3 is 2.66 bits per heavy atom. The molecule has 0 unspecified atom stereocenters. The number of thiophene rings is 1. The highest BCUT2D eigenvalue weighted by Crippen LogP contribution is 2.46.